The van der Waals surface area contributed by atoms with E-state index in [4.69, 9.17) is 21.4 Å². The molecule has 6 atom stereocenters. The molecule has 11 nitrogen and oxygen atoms in total. The molecule has 1 unspecified atom stereocenters. The van der Waals surface area contributed by atoms with Gasteiger partial charge in [-0.1, -0.05) is 106 Å². The maximum atomic E-state index is 12.5. The first-order valence-electron chi connectivity index (χ1n) is 23.4. The molecule has 11 heteroatoms. The van der Waals surface area contributed by atoms with E-state index in [9.17, 15) is 9.59 Å². The van der Waals surface area contributed by atoms with Crippen LogP contribution in [0.4, 0.5) is 5.69 Å². The summed E-state index contributed by atoms with van der Waals surface area (Å²) in [6.07, 6.45) is 7.68. The van der Waals surface area contributed by atoms with Crippen LogP contribution in [0.15, 0.2) is 121 Å². The second-order valence-corrected chi connectivity index (χ2v) is 19.9. The number of aldehydes is 2. The van der Waals surface area contributed by atoms with E-state index in [1.165, 1.54) is 22.4 Å². The van der Waals surface area contributed by atoms with E-state index in [0.29, 0.717) is 13.1 Å². The zero-order valence-electron chi connectivity index (χ0n) is 37.8. The van der Waals surface area contributed by atoms with Crippen molar-refractivity contribution in [2.75, 3.05) is 31.1 Å². The highest BCUT2D eigenvalue weighted by Crippen LogP contribution is 2.48. The molecule has 3 aliphatic rings. The lowest BCUT2D eigenvalue weighted by molar-refractivity contribution is -0.114. The van der Waals surface area contributed by atoms with E-state index in [1.807, 2.05) is 60.7 Å². The van der Waals surface area contributed by atoms with Gasteiger partial charge in [0.2, 0.25) is 0 Å². The molecular weight excluding hydrogens is 807 g/mol. The lowest BCUT2D eigenvalue weighted by Crippen LogP contribution is -2.49. The lowest BCUT2D eigenvalue weighted by Gasteiger charge is -2.34. The summed E-state index contributed by atoms with van der Waals surface area (Å²) in [7, 11) is 0. The normalized spacial score (nSPS) is 22.7. The molecule has 0 bridgehead atoms. The average molecular weight is 868 g/mol. The summed E-state index contributed by atoms with van der Waals surface area (Å²) in [5, 5.41) is 0. The van der Waals surface area contributed by atoms with Gasteiger partial charge in [-0.2, -0.15) is 0 Å². The van der Waals surface area contributed by atoms with Gasteiger partial charge in [0.25, 0.3) is 0 Å². The summed E-state index contributed by atoms with van der Waals surface area (Å²) in [6, 6.07) is 42.3. The largest absolute Gasteiger partial charge is 0.357 e. The smallest absolute Gasteiger partial charge is 0.145 e. The van der Waals surface area contributed by atoms with Crippen LogP contribution in [0.25, 0.3) is 22.1 Å². The molecule has 3 saturated heterocycles. The van der Waals surface area contributed by atoms with Crippen molar-refractivity contribution < 1.29 is 9.59 Å². The highest BCUT2D eigenvalue weighted by molar-refractivity contribution is 5.78. The van der Waals surface area contributed by atoms with E-state index < -0.39 is 11.1 Å². The number of aromatic amines is 2. The predicted molar refractivity (Wildman–Crippen MR) is 258 cm³/mol. The topological polar surface area (TPSA) is 153 Å². The highest BCUT2D eigenvalue weighted by atomic mass is 16.1. The number of H-pyrrole nitrogens is 2. The monoisotopic (exact) mass is 867 g/mol. The van der Waals surface area contributed by atoms with Crippen molar-refractivity contribution in [3.05, 3.63) is 161 Å². The van der Waals surface area contributed by atoms with Crippen molar-refractivity contribution in [2.45, 2.75) is 100.0 Å². The van der Waals surface area contributed by atoms with Crippen molar-refractivity contribution in [1.82, 2.24) is 29.7 Å². The fraction of sp³-hybridized carbons (Fsp3) is 0.370. The zero-order chi connectivity index (χ0) is 44.9. The number of likely N-dealkylation sites (tertiary alicyclic amines) is 2. The van der Waals surface area contributed by atoms with Gasteiger partial charge in [0.05, 0.1) is 46.2 Å². The Morgan fingerprint density at radius 3 is 1.43 bits per heavy atom. The number of benzene rings is 5. The van der Waals surface area contributed by atoms with E-state index in [-0.39, 0.29) is 29.6 Å². The van der Waals surface area contributed by atoms with E-state index in [2.05, 4.69) is 106 Å². The number of nitrogens with zero attached hydrogens (tertiary/aromatic N) is 5. The van der Waals surface area contributed by atoms with Gasteiger partial charge in [-0.3, -0.25) is 9.80 Å². The van der Waals surface area contributed by atoms with Gasteiger partial charge in [-0.25, -0.2) is 9.97 Å². The Morgan fingerprint density at radius 1 is 0.569 bits per heavy atom. The van der Waals surface area contributed by atoms with E-state index in [1.54, 1.807) is 0 Å². The number of nitrogens with two attached hydrogens (primary N) is 2. The SMILES string of the molecule is CC(C)(C)c1ccc(N2C(c3ccc4nc([C@@H]5CCCN5C[C@@](N)(C=O)c5ccccc5)[nH]c4c3)CC[C@@H]2c2ccc3nc([C@@H]4CCCN4C[C@@](N)(C=O)c4ccccc4)[nH]c3c2)cc1. The summed E-state index contributed by atoms with van der Waals surface area (Å²) in [6.45, 7) is 9.35. The van der Waals surface area contributed by atoms with Gasteiger partial charge in [-0.15, -0.1) is 0 Å². The molecule has 0 aliphatic carbocycles. The van der Waals surface area contributed by atoms with E-state index in [0.717, 1.165) is 109 Å². The van der Waals surface area contributed by atoms with Crippen molar-refractivity contribution >= 4 is 40.3 Å². The van der Waals surface area contributed by atoms with Gasteiger partial charge in [0.1, 0.15) is 35.3 Å². The summed E-state index contributed by atoms with van der Waals surface area (Å²) >= 11 is 0. The van der Waals surface area contributed by atoms with Crippen molar-refractivity contribution in [2.24, 2.45) is 11.5 Å². The minimum Gasteiger partial charge on any atom is -0.357 e. The summed E-state index contributed by atoms with van der Waals surface area (Å²) < 4.78 is 0. The molecule has 0 radical (unpaired) electrons. The van der Waals surface area contributed by atoms with Gasteiger partial charge >= 0.3 is 0 Å². The standard InChI is InChI=1S/C54H61N9O2/c1-52(2,3)38-20-22-41(23-21-38)63-46(36-18-24-42-44(30-36)59-50(57-42)48-16-10-28-61(48)32-53(55,34-64)39-12-6-4-7-13-39)26-27-47(63)37-19-25-43-45(31-37)60-51(58-43)49-17-11-29-62(49)33-54(56,35-65)40-14-8-5-9-15-40/h4-9,12-15,18-25,30-31,34-35,46-49H,10-11,16-17,26-29,32-33,55-56H2,1-3H3,(H,57,59)(H,58,60)/t46-,47?,48+,49+,53-,54-/m1/s1. The number of rotatable bonds is 13. The van der Waals surface area contributed by atoms with Crippen LogP contribution < -0.4 is 16.4 Å². The van der Waals surface area contributed by atoms with Crippen LogP contribution in [-0.2, 0) is 26.1 Å². The van der Waals surface area contributed by atoms with Crippen LogP contribution in [0.5, 0.6) is 0 Å². The number of hydrogen-bond donors (Lipinski definition) is 4. The maximum absolute atomic E-state index is 12.5. The number of hydrogen-bond acceptors (Lipinski definition) is 9. The molecule has 5 aromatic carbocycles. The molecule has 5 heterocycles. The number of anilines is 1. The number of nitrogens with one attached hydrogen (secondary N) is 2. The first-order valence-corrected chi connectivity index (χ1v) is 23.4. The molecular formula is C54H61N9O2. The molecule has 2 aromatic heterocycles. The highest BCUT2D eigenvalue weighted by Gasteiger charge is 2.40. The molecule has 3 fully saturated rings. The first-order chi connectivity index (χ1) is 31.4. The van der Waals surface area contributed by atoms with Crippen molar-refractivity contribution in [3.63, 3.8) is 0 Å². The van der Waals surface area contributed by atoms with Gasteiger partial charge in [0.15, 0.2) is 0 Å². The maximum Gasteiger partial charge on any atom is 0.145 e. The minimum absolute atomic E-state index is 0.0414. The Kier molecular flexibility index (Phi) is 11.3. The predicted octanol–water partition coefficient (Wildman–Crippen LogP) is 9.20. The number of fused-ring (bicyclic) bond motifs is 2. The summed E-state index contributed by atoms with van der Waals surface area (Å²) in [4.78, 5) is 49.9. The number of imidazole rings is 2. The number of carbonyl (C=O) groups excluding carboxylic acids is 2. The van der Waals surface area contributed by atoms with Crippen LogP contribution in [-0.4, -0.2) is 68.5 Å². The second-order valence-electron chi connectivity index (χ2n) is 19.9. The lowest BCUT2D eigenvalue weighted by atomic mass is 9.87. The van der Waals surface area contributed by atoms with Crippen LogP contribution in [0.2, 0.25) is 0 Å². The Balaban J connectivity index is 0.937. The minimum atomic E-state index is -1.10. The Hall–Kier alpha value is -5.98. The molecule has 0 amide bonds. The van der Waals surface area contributed by atoms with Gasteiger partial charge < -0.3 is 35.9 Å². The average Bonchev–Trinajstić information content (AvgIpc) is 4.19. The van der Waals surface area contributed by atoms with Gasteiger partial charge in [0, 0.05) is 18.8 Å². The molecule has 65 heavy (non-hydrogen) atoms. The second kappa shape index (κ2) is 17.1. The Morgan fingerprint density at radius 2 is 1.02 bits per heavy atom. The van der Waals surface area contributed by atoms with Crippen LogP contribution in [0, 0.1) is 0 Å². The summed E-state index contributed by atoms with van der Waals surface area (Å²) in [5.41, 5.74) is 22.0. The van der Waals surface area contributed by atoms with E-state index >= 15 is 0 Å². The fourth-order valence-corrected chi connectivity index (χ4v) is 11.0. The Labute approximate surface area is 381 Å². The zero-order valence-corrected chi connectivity index (χ0v) is 37.8. The quantitative estimate of drug-likeness (QED) is 0.0832. The molecule has 0 saturated carbocycles. The molecule has 3 aliphatic heterocycles. The fourth-order valence-electron chi connectivity index (χ4n) is 11.0. The van der Waals surface area contributed by atoms with Crippen LogP contribution in [0.1, 0.15) is 123 Å². The number of aromatic nitrogens is 4. The third-order valence-electron chi connectivity index (χ3n) is 14.6. The third-order valence-corrected chi connectivity index (χ3v) is 14.6. The van der Waals surface area contributed by atoms with Crippen molar-refractivity contribution in [1.29, 1.82) is 0 Å². The molecule has 7 aromatic rings. The molecule has 10 rings (SSSR count). The third kappa shape index (κ3) is 8.20. The molecule has 0 spiro atoms. The van der Waals surface area contributed by atoms with Gasteiger partial charge in [-0.05, 0) is 121 Å². The summed E-state index contributed by atoms with van der Waals surface area (Å²) in [5.74, 6) is 1.84. The molecule has 334 valence electrons. The molecule has 6 N–H and O–H groups in total. The Bertz CT molecular complexity index is 2630. The van der Waals surface area contributed by atoms with Crippen molar-refractivity contribution in [3.8, 4) is 0 Å². The van der Waals surface area contributed by atoms with Crippen LogP contribution in [0.3, 0.4) is 0 Å². The number of carbonyl (C=O) groups is 2. The van der Waals surface area contributed by atoms with Crippen LogP contribution >= 0.6 is 0 Å². The first kappa shape index (κ1) is 42.9.